The predicted octanol–water partition coefficient (Wildman–Crippen LogP) is 1.06. The highest BCUT2D eigenvalue weighted by Crippen LogP contribution is 2.17. The Labute approximate surface area is 124 Å². The molecule has 0 aliphatic rings. The number of rotatable bonds is 5. The summed E-state index contributed by atoms with van der Waals surface area (Å²) >= 11 is 0. The van der Waals surface area contributed by atoms with E-state index in [4.69, 9.17) is 5.26 Å². The highest BCUT2D eigenvalue weighted by molar-refractivity contribution is 7.85. The van der Waals surface area contributed by atoms with E-state index in [1.165, 1.54) is 0 Å². The van der Waals surface area contributed by atoms with E-state index in [0.29, 0.717) is 12.1 Å². The first-order valence-corrected chi connectivity index (χ1v) is 8.31. The van der Waals surface area contributed by atoms with Gasteiger partial charge >= 0.3 is 0 Å². The maximum absolute atomic E-state index is 10.7. The number of nitrogens with zero attached hydrogens (tertiary/aromatic N) is 3. The molecule has 0 saturated heterocycles. The second-order valence-corrected chi connectivity index (χ2v) is 6.40. The lowest BCUT2D eigenvalue weighted by Gasteiger charge is -2.05. The minimum atomic E-state index is -4.19. The SMILES string of the molecule is CC[n+]1c(C)n(CCCS(=O)(=O)[O-])c2cc(C#N)ccc21. The number of hydrogen-bond acceptors (Lipinski definition) is 4. The number of fused-ring (bicyclic) bond motifs is 1. The van der Waals surface area contributed by atoms with Crippen LogP contribution in [-0.4, -0.2) is 23.3 Å². The van der Waals surface area contributed by atoms with E-state index in [0.717, 1.165) is 23.4 Å². The van der Waals surface area contributed by atoms with E-state index in [9.17, 15) is 13.0 Å². The first kappa shape index (κ1) is 15.5. The van der Waals surface area contributed by atoms with Crippen LogP contribution in [0.3, 0.4) is 0 Å². The zero-order valence-electron chi connectivity index (χ0n) is 12.0. The molecule has 2 aromatic rings. The number of nitriles is 1. The Morgan fingerprint density at radius 2 is 2.14 bits per heavy atom. The Kier molecular flexibility index (Phi) is 4.30. The molecule has 0 aliphatic heterocycles. The summed E-state index contributed by atoms with van der Waals surface area (Å²) in [5.41, 5.74) is 2.44. The van der Waals surface area contributed by atoms with Gasteiger partial charge in [0.1, 0.15) is 0 Å². The summed E-state index contributed by atoms with van der Waals surface area (Å²) in [5, 5.41) is 9.02. The van der Waals surface area contributed by atoms with Crippen LogP contribution in [0.4, 0.5) is 0 Å². The number of aryl methyl sites for hydroxylation is 2. The molecule has 0 saturated carbocycles. The van der Waals surface area contributed by atoms with Crippen molar-refractivity contribution in [3.05, 3.63) is 29.6 Å². The maximum atomic E-state index is 10.7. The number of imidazole rings is 1. The molecule has 112 valence electrons. The highest BCUT2D eigenvalue weighted by Gasteiger charge is 2.20. The molecule has 0 amide bonds. The lowest BCUT2D eigenvalue weighted by molar-refractivity contribution is -0.675. The van der Waals surface area contributed by atoms with Gasteiger partial charge in [-0.15, -0.1) is 0 Å². The second-order valence-electron chi connectivity index (χ2n) is 4.87. The van der Waals surface area contributed by atoms with Gasteiger partial charge in [-0.1, -0.05) is 0 Å². The molecule has 0 aliphatic carbocycles. The summed E-state index contributed by atoms with van der Waals surface area (Å²) in [6, 6.07) is 7.56. The van der Waals surface area contributed by atoms with Gasteiger partial charge < -0.3 is 4.55 Å². The fourth-order valence-corrected chi connectivity index (χ4v) is 3.10. The molecule has 7 heteroatoms. The van der Waals surface area contributed by atoms with E-state index < -0.39 is 10.1 Å². The Morgan fingerprint density at radius 3 is 2.71 bits per heavy atom. The van der Waals surface area contributed by atoms with Crippen LogP contribution in [0.2, 0.25) is 0 Å². The molecule has 0 atom stereocenters. The summed E-state index contributed by atoms with van der Waals surface area (Å²) in [5.74, 6) is 0.599. The quantitative estimate of drug-likeness (QED) is 0.610. The molecule has 1 aromatic carbocycles. The fraction of sp³-hybridized carbons (Fsp3) is 0.429. The summed E-state index contributed by atoms with van der Waals surface area (Å²) in [4.78, 5) is 0. The monoisotopic (exact) mass is 307 g/mol. The average molecular weight is 307 g/mol. The molecule has 1 aromatic heterocycles. The van der Waals surface area contributed by atoms with Crippen molar-refractivity contribution in [2.75, 3.05) is 5.75 Å². The van der Waals surface area contributed by atoms with Crippen molar-refractivity contribution in [3.63, 3.8) is 0 Å². The van der Waals surface area contributed by atoms with Crippen LogP contribution in [0.25, 0.3) is 11.0 Å². The lowest BCUT2D eigenvalue weighted by atomic mass is 10.2. The largest absolute Gasteiger partial charge is 0.748 e. The molecule has 0 unspecified atom stereocenters. The summed E-state index contributed by atoms with van der Waals surface area (Å²) in [7, 11) is -4.19. The third-order valence-electron chi connectivity index (χ3n) is 3.56. The molecule has 0 spiro atoms. The Balaban J connectivity index is 2.46. The summed E-state index contributed by atoms with van der Waals surface area (Å²) in [6.07, 6.45) is 0.261. The molecule has 0 N–H and O–H groups in total. The highest BCUT2D eigenvalue weighted by atomic mass is 32.2. The van der Waals surface area contributed by atoms with Gasteiger partial charge in [-0.3, -0.25) is 0 Å². The normalized spacial score (nSPS) is 11.7. The topological polar surface area (TPSA) is 89.8 Å². The van der Waals surface area contributed by atoms with E-state index in [1.54, 1.807) is 12.1 Å². The zero-order chi connectivity index (χ0) is 15.6. The molecule has 0 bridgehead atoms. The van der Waals surface area contributed by atoms with E-state index >= 15 is 0 Å². The van der Waals surface area contributed by atoms with Crippen molar-refractivity contribution >= 4 is 21.2 Å². The molecular formula is C14H17N3O3S. The van der Waals surface area contributed by atoms with Crippen molar-refractivity contribution in [2.45, 2.75) is 33.4 Å². The Hall–Kier alpha value is -1.91. The molecule has 0 radical (unpaired) electrons. The smallest absolute Gasteiger partial charge is 0.254 e. The summed E-state index contributed by atoms with van der Waals surface area (Å²) in [6.45, 7) is 5.19. The molecule has 1 heterocycles. The van der Waals surface area contributed by atoms with Crippen LogP contribution < -0.4 is 4.57 Å². The van der Waals surface area contributed by atoms with Crippen LogP contribution >= 0.6 is 0 Å². The van der Waals surface area contributed by atoms with Gasteiger partial charge in [0, 0.05) is 18.7 Å². The Morgan fingerprint density at radius 1 is 1.43 bits per heavy atom. The van der Waals surface area contributed by atoms with Crippen molar-refractivity contribution in [2.24, 2.45) is 0 Å². The number of benzene rings is 1. The second kappa shape index (κ2) is 5.84. The Bertz CT molecular complexity index is 816. The van der Waals surface area contributed by atoms with Crippen molar-refractivity contribution < 1.29 is 17.5 Å². The summed E-state index contributed by atoms with van der Waals surface area (Å²) < 4.78 is 36.2. The van der Waals surface area contributed by atoms with E-state index in [-0.39, 0.29) is 12.2 Å². The average Bonchev–Trinajstić information content (AvgIpc) is 2.69. The van der Waals surface area contributed by atoms with E-state index in [1.807, 2.05) is 24.5 Å². The van der Waals surface area contributed by atoms with Crippen molar-refractivity contribution in [3.8, 4) is 6.07 Å². The standard InChI is InChI=1S/C14H17N3O3S/c1-3-16-11(2)17(7-4-8-21(18,19)20)14-9-12(10-15)5-6-13(14)16/h5-6,9H,3-4,7-8H2,1-2H3. The first-order valence-electron chi connectivity index (χ1n) is 6.73. The third kappa shape index (κ3) is 3.23. The van der Waals surface area contributed by atoms with Gasteiger partial charge in [0.2, 0.25) is 0 Å². The van der Waals surface area contributed by atoms with Gasteiger partial charge in [-0.25, -0.2) is 17.6 Å². The van der Waals surface area contributed by atoms with Crippen LogP contribution in [0.5, 0.6) is 0 Å². The van der Waals surface area contributed by atoms with Gasteiger partial charge in [0.25, 0.3) is 5.82 Å². The maximum Gasteiger partial charge on any atom is 0.254 e. The lowest BCUT2D eigenvalue weighted by Crippen LogP contribution is -2.35. The minimum Gasteiger partial charge on any atom is -0.748 e. The fourth-order valence-electron chi connectivity index (χ4n) is 2.61. The van der Waals surface area contributed by atoms with Gasteiger partial charge in [-0.05, 0) is 25.5 Å². The van der Waals surface area contributed by atoms with Gasteiger partial charge in [0.15, 0.2) is 11.0 Å². The molecule has 6 nitrogen and oxygen atoms in total. The van der Waals surface area contributed by atoms with E-state index in [2.05, 4.69) is 10.6 Å². The predicted molar refractivity (Wildman–Crippen MR) is 76.4 cm³/mol. The van der Waals surface area contributed by atoms with Crippen LogP contribution in [0, 0.1) is 18.3 Å². The van der Waals surface area contributed by atoms with Crippen molar-refractivity contribution in [1.29, 1.82) is 5.26 Å². The first-order chi connectivity index (χ1) is 9.87. The molecular weight excluding hydrogens is 290 g/mol. The van der Waals surface area contributed by atoms with Crippen LogP contribution in [-0.2, 0) is 23.2 Å². The van der Waals surface area contributed by atoms with Crippen molar-refractivity contribution in [1.82, 2.24) is 4.57 Å². The molecule has 2 rings (SSSR count). The number of aromatic nitrogens is 2. The molecule has 21 heavy (non-hydrogen) atoms. The van der Waals surface area contributed by atoms with Crippen LogP contribution in [0.1, 0.15) is 24.7 Å². The third-order valence-corrected chi connectivity index (χ3v) is 4.35. The van der Waals surface area contributed by atoms with Gasteiger partial charge in [-0.2, -0.15) is 5.26 Å². The number of hydrogen-bond donors (Lipinski definition) is 0. The van der Waals surface area contributed by atoms with Crippen LogP contribution in [0.15, 0.2) is 18.2 Å². The minimum absolute atomic E-state index is 0.261. The van der Waals surface area contributed by atoms with Gasteiger partial charge in [0.05, 0.1) is 34.8 Å². The molecule has 0 fully saturated rings. The zero-order valence-corrected chi connectivity index (χ0v) is 12.9.